The number of piperidine rings is 1. The van der Waals surface area contributed by atoms with Crippen LogP contribution in [0.4, 0.5) is 5.69 Å². The summed E-state index contributed by atoms with van der Waals surface area (Å²) in [5, 5.41) is 12.4. The van der Waals surface area contributed by atoms with Gasteiger partial charge in [-0.05, 0) is 62.5 Å². The number of benzene rings is 1. The van der Waals surface area contributed by atoms with Gasteiger partial charge in [0.2, 0.25) is 0 Å². The molecule has 1 aliphatic heterocycles. The van der Waals surface area contributed by atoms with E-state index in [1.165, 1.54) is 38.9 Å². The molecule has 2 rings (SSSR count). The molecule has 1 unspecified atom stereocenters. The summed E-state index contributed by atoms with van der Waals surface area (Å²) in [5.41, 5.74) is 3.03. The van der Waals surface area contributed by atoms with E-state index in [2.05, 4.69) is 30.1 Å². The Labute approximate surface area is 122 Å². The Morgan fingerprint density at radius 3 is 2.70 bits per heavy atom. The van der Waals surface area contributed by atoms with Gasteiger partial charge < -0.3 is 10.2 Å². The molecule has 1 N–H and O–H groups in total. The normalized spacial score (nSPS) is 17.4. The molecule has 0 radical (unpaired) electrons. The van der Waals surface area contributed by atoms with Crippen LogP contribution in [0.2, 0.25) is 0 Å². The number of hydrogen-bond acceptors (Lipinski definition) is 3. The molecule has 1 fully saturated rings. The number of nitriles is 1. The van der Waals surface area contributed by atoms with Crippen molar-refractivity contribution in [1.82, 2.24) is 4.90 Å². The number of likely N-dealkylation sites (tertiary alicyclic amines) is 1. The van der Waals surface area contributed by atoms with Crippen LogP contribution in [0.5, 0.6) is 0 Å². The fraction of sp³-hybridized carbons (Fsp3) is 0.588. The Kier molecular flexibility index (Phi) is 5.43. The molecule has 0 aliphatic carbocycles. The van der Waals surface area contributed by atoms with Crippen molar-refractivity contribution in [2.45, 2.75) is 33.1 Å². The Morgan fingerprint density at radius 2 is 2.05 bits per heavy atom. The summed E-state index contributed by atoms with van der Waals surface area (Å²) in [6, 6.07) is 8.02. The van der Waals surface area contributed by atoms with Crippen LogP contribution in [0.15, 0.2) is 18.2 Å². The highest BCUT2D eigenvalue weighted by molar-refractivity contribution is 5.54. The highest BCUT2D eigenvalue weighted by atomic mass is 15.1. The van der Waals surface area contributed by atoms with Crippen LogP contribution < -0.4 is 5.32 Å². The molecule has 1 saturated heterocycles. The molecule has 20 heavy (non-hydrogen) atoms. The number of hydrogen-bond donors (Lipinski definition) is 1. The average molecular weight is 271 g/mol. The van der Waals surface area contributed by atoms with Gasteiger partial charge in [-0.2, -0.15) is 5.26 Å². The van der Waals surface area contributed by atoms with E-state index in [9.17, 15) is 0 Å². The first kappa shape index (κ1) is 14.9. The van der Waals surface area contributed by atoms with Crippen molar-refractivity contribution in [3.8, 4) is 6.07 Å². The van der Waals surface area contributed by atoms with E-state index in [0.29, 0.717) is 5.92 Å². The molecule has 108 valence electrons. The van der Waals surface area contributed by atoms with Crippen LogP contribution >= 0.6 is 0 Å². The predicted octanol–water partition coefficient (Wildman–Crippen LogP) is 3.40. The third-order valence-corrected chi connectivity index (χ3v) is 4.02. The largest absolute Gasteiger partial charge is 0.385 e. The van der Waals surface area contributed by atoms with E-state index in [-0.39, 0.29) is 0 Å². The topological polar surface area (TPSA) is 39.1 Å². The number of aryl methyl sites for hydroxylation is 1. The van der Waals surface area contributed by atoms with Crippen LogP contribution in [-0.2, 0) is 0 Å². The molecule has 3 heteroatoms. The van der Waals surface area contributed by atoms with Crippen LogP contribution in [0.25, 0.3) is 0 Å². The summed E-state index contributed by atoms with van der Waals surface area (Å²) in [6.45, 7) is 9.06. The fourth-order valence-corrected chi connectivity index (χ4v) is 2.86. The summed E-state index contributed by atoms with van der Waals surface area (Å²) in [5.74, 6) is 0.642. The third kappa shape index (κ3) is 4.25. The predicted molar refractivity (Wildman–Crippen MR) is 83.8 cm³/mol. The first-order chi connectivity index (χ1) is 9.69. The molecule has 0 bridgehead atoms. The van der Waals surface area contributed by atoms with Gasteiger partial charge in [0, 0.05) is 18.8 Å². The number of nitrogens with zero attached hydrogens (tertiary/aromatic N) is 2. The number of anilines is 1. The van der Waals surface area contributed by atoms with Crippen LogP contribution in [0.1, 0.15) is 37.3 Å². The first-order valence-electron chi connectivity index (χ1n) is 7.66. The zero-order valence-electron chi connectivity index (χ0n) is 12.7. The van der Waals surface area contributed by atoms with Gasteiger partial charge in [-0.1, -0.05) is 13.3 Å². The van der Waals surface area contributed by atoms with Gasteiger partial charge in [0.05, 0.1) is 11.6 Å². The zero-order chi connectivity index (χ0) is 14.4. The van der Waals surface area contributed by atoms with Crippen molar-refractivity contribution in [1.29, 1.82) is 5.26 Å². The minimum atomic E-state index is 0.642. The van der Waals surface area contributed by atoms with Crippen molar-refractivity contribution in [2.24, 2.45) is 5.92 Å². The molecule has 1 atom stereocenters. The minimum absolute atomic E-state index is 0.642. The molecule has 0 spiro atoms. The molecule has 1 aromatic rings. The maximum absolute atomic E-state index is 8.88. The Bertz CT molecular complexity index is 470. The molecule has 1 aromatic carbocycles. The van der Waals surface area contributed by atoms with Gasteiger partial charge in [0.25, 0.3) is 0 Å². The van der Waals surface area contributed by atoms with E-state index >= 15 is 0 Å². The zero-order valence-corrected chi connectivity index (χ0v) is 12.7. The van der Waals surface area contributed by atoms with Gasteiger partial charge in [0.15, 0.2) is 0 Å². The number of rotatable bonds is 5. The Morgan fingerprint density at radius 1 is 1.30 bits per heavy atom. The second-order valence-corrected chi connectivity index (χ2v) is 5.99. The van der Waals surface area contributed by atoms with E-state index in [1.54, 1.807) is 0 Å². The highest BCUT2D eigenvalue weighted by Gasteiger charge is 2.13. The SMILES string of the molecule is Cc1cc(C#N)ccc1NCC(C)CN1CCCCC1. The summed E-state index contributed by atoms with van der Waals surface area (Å²) in [4.78, 5) is 2.58. The van der Waals surface area contributed by atoms with Gasteiger partial charge >= 0.3 is 0 Å². The summed E-state index contributed by atoms with van der Waals surface area (Å²) in [7, 11) is 0. The van der Waals surface area contributed by atoms with E-state index in [0.717, 1.165) is 23.4 Å². The fourth-order valence-electron chi connectivity index (χ4n) is 2.86. The lowest BCUT2D eigenvalue weighted by atomic mass is 10.1. The highest BCUT2D eigenvalue weighted by Crippen LogP contribution is 2.17. The molecule has 0 saturated carbocycles. The van der Waals surface area contributed by atoms with Gasteiger partial charge in [-0.25, -0.2) is 0 Å². The molecule has 1 heterocycles. The number of nitrogens with one attached hydrogen (secondary N) is 1. The minimum Gasteiger partial charge on any atom is -0.385 e. The lowest BCUT2D eigenvalue weighted by Gasteiger charge is -2.29. The van der Waals surface area contributed by atoms with Crippen molar-refractivity contribution in [2.75, 3.05) is 31.5 Å². The van der Waals surface area contributed by atoms with Crippen molar-refractivity contribution >= 4 is 5.69 Å². The van der Waals surface area contributed by atoms with Crippen molar-refractivity contribution < 1.29 is 0 Å². The molecule has 0 amide bonds. The average Bonchev–Trinajstić information content (AvgIpc) is 2.47. The van der Waals surface area contributed by atoms with Gasteiger partial charge in [-0.3, -0.25) is 0 Å². The van der Waals surface area contributed by atoms with Crippen LogP contribution in [0.3, 0.4) is 0 Å². The lowest BCUT2D eigenvalue weighted by molar-refractivity contribution is 0.204. The van der Waals surface area contributed by atoms with E-state index in [4.69, 9.17) is 5.26 Å². The molecular weight excluding hydrogens is 246 g/mol. The molecule has 3 nitrogen and oxygen atoms in total. The first-order valence-corrected chi connectivity index (χ1v) is 7.66. The molecular formula is C17H25N3. The lowest BCUT2D eigenvalue weighted by Crippen LogP contribution is -2.35. The second-order valence-electron chi connectivity index (χ2n) is 5.99. The Balaban J connectivity index is 1.80. The quantitative estimate of drug-likeness (QED) is 0.892. The van der Waals surface area contributed by atoms with E-state index < -0.39 is 0 Å². The van der Waals surface area contributed by atoms with Crippen molar-refractivity contribution in [3.63, 3.8) is 0 Å². The monoisotopic (exact) mass is 271 g/mol. The summed E-state index contributed by atoms with van der Waals surface area (Å²) in [6.07, 6.45) is 4.11. The summed E-state index contributed by atoms with van der Waals surface area (Å²) >= 11 is 0. The maximum Gasteiger partial charge on any atom is 0.0991 e. The van der Waals surface area contributed by atoms with Crippen molar-refractivity contribution in [3.05, 3.63) is 29.3 Å². The molecule has 0 aromatic heterocycles. The third-order valence-electron chi connectivity index (χ3n) is 4.02. The van der Waals surface area contributed by atoms with Gasteiger partial charge in [-0.15, -0.1) is 0 Å². The smallest absolute Gasteiger partial charge is 0.0991 e. The summed E-state index contributed by atoms with van der Waals surface area (Å²) < 4.78 is 0. The van der Waals surface area contributed by atoms with Crippen LogP contribution in [-0.4, -0.2) is 31.1 Å². The van der Waals surface area contributed by atoms with E-state index in [1.807, 2.05) is 18.2 Å². The van der Waals surface area contributed by atoms with Gasteiger partial charge in [0.1, 0.15) is 0 Å². The molecule has 1 aliphatic rings. The maximum atomic E-state index is 8.88. The second kappa shape index (κ2) is 7.31. The van der Waals surface area contributed by atoms with Crippen LogP contribution in [0, 0.1) is 24.2 Å². The standard InChI is InChI=1S/C17H25N3/c1-14(13-20-8-4-3-5-9-20)12-19-17-7-6-16(11-18)10-15(17)2/h6-7,10,14,19H,3-5,8-9,12-13H2,1-2H3. The Hall–Kier alpha value is -1.53.